The molecule has 0 N–H and O–H groups in total. The molecule has 0 unspecified atom stereocenters. The molecule has 4 aliphatic carbocycles. The third-order valence-corrected chi connectivity index (χ3v) is 10.7. The zero-order valence-corrected chi connectivity index (χ0v) is 32.8. The summed E-state index contributed by atoms with van der Waals surface area (Å²) in [4.78, 5) is 0. The van der Waals surface area contributed by atoms with Crippen LogP contribution in [0.1, 0.15) is 146 Å². The minimum absolute atomic E-state index is 0. The van der Waals surface area contributed by atoms with Gasteiger partial charge < -0.3 is 24.8 Å². The number of halogens is 2. The summed E-state index contributed by atoms with van der Waals surface area (Å²) >= 11 is 1.74. The number of hydrogen-bond donors (Lipinski definition) is 0. The van der Waals surface area contributed by atoms with Gasteiger partial charge in [-0.15, -0.1) is 23.1 Å². The molecule has 240 valence electrons. The number of fused-ring (bicyclic) bond motifs is 3. The van der Waals surface area contributed by atoms with E-state index in [0.29, 0.717) is 0 Å². The molecule has 0 heterocycles. The van der Waals surface area contributed by atoms with Crippen LogP contribution in [0.4, 0.5) is 0 Å². The Hall–Kier alpha value is -0.747. The van der Waals surface area contributed by atoms with Crippen molar-refractivity contribution < 1.29 is 49.0 Å². The standard InChI is InChI=1S/C23H29.C13H22.C5H5.2ClH.Zr/c1-14-9-16-11-17-10-15(2)21(23(6,7)8)13-19(17)18(16)12-20(14)22(3,4)5;1-2-7-12(6-1)10-5-11-13-8-3-4-9-13;1-2-4-5-3-1;;;/h9,12-13H,11H2,1-8H3;12-13H,1-4,6-11H2;1-3H,4H2;2*1H;/q-1;;-1;;;+2/p-2. The maximum absolute atomic E-state index is 3.69. The fraction of sp³-hybridized carbons (Fsp3) is 0.585. The van der Waals surface area contributed by atoms with Gasteiger partial charge in [-0.2, -0.15) is 23.8 Å². The van der Waals surface area contributed by atoms with E-state index in [1.54, 1.807) is 24.2 Å². The van der Waals surface area contributed by atoms with Crippen LogP contribution in [0.25, 0.3) is 11.1 Å². The Morgan fingerprint density at radius 2 is 1.30 bits per heavy atom. The van der Waals surface area contributed by atoms with E-state index in [4.69, 9.17) is 0 Å². The van der Waals surface area contributed by atoms with E-state index in [1.165, 1.54) is 109 Å². The molecule has 0 aliphatic heterocycles. The fourth-order valence-electron chi connectivity index (χ4n) is 7.57. The summed E-state index contributed by atoms with van der Waals surface area (Å²) in [5.41, 5.74) is 11.6. The molecule has 2 aromatic rings. The molecule has 0 nitrogen and oxygen atoms in total. The second-order valence-electron chi connectivity index (χ2n) is 15.5. The van der Waals surface area contributed by atoms with Crippen molar-refractivity contribution >= 4 is 3.21 Å². The number of hydrogen-bond acceptors (Lipinski definition) is 0. The molecule has 0 saturated heterocycles. The second kappa shape index (κ2) is 17.4. The van der Waals surface area contributed by atoms with Crippen molar-refractivity contribution in [1.82, 2.24) is 0 Å². The van der Waals surface area contributed by atoms with Gasteiger partial charge in [0.2, 0.25) is 0 Å². The van der Waals surface area contributed by atoms with Gasteiger partial charge in [-0.25, -0.2) is 12.2 Å². The Labute approximate surface area is 298 Å². The van der Waals surface area contributed by atoms with Crippen molar-refractivity contribution in [1.29, 1.82) is 0 Å². The van der Waals surface area contributed by atoms with Gasteiger partial charge in [0.15, 0.2) is 0 Å². The van der Waals surface area contributed by atoms with Gasteiger partial charge in [0, 0.05) is 0 Å². The van der Waals surface area contributed by atoms with Gasteiger partial charge in [0.1, 0.15) is 0 Å². The molecule has 0 radical (unpaired) electrons. The third-order valence-electron chi connectivity index (χ3n) is 9.69. The van der Waals surface area contributed by atoms with Crippen LogP contribution in [-0.2, 0) is 41.5 Å². The number of benzene rings is 2. The van der Waals surface area contributed by atoms with Crippen LogP contribution in [0.3, 0.4) is 0 Å². The predicted molar refractivity (Wildman–Crippen MR) is 180 cm³/mol. The van der Waals surface area contributed by atoms with Crippen LogP contribution < -0.4 is 24.8 Å². The zero-order chi connectivity index (χ0) is 30.5. The SMILES string of the molecule is Cc1[c-]c2c(cc1C(C)(C)C)-c1cc(C(C)(C)C)c(C)cc1C2.[C-]1=CC=CC1.[Cl-].[Cl-].[Zr+2]=[C](CC1CCCC1)CC1CCCC1. The Morgan fingerprint density at radius 3 is 1.73 bits per heavy atom. The summed E-state index contributed by atoms with van der Waals surface area (Å²) in [6, 6.07) is 10.9. The van der Waals surface area contributed by atoms with E-state index in [1.807, 2.05) is 15.4 Å². The first-order valence-corrected chi connectivity index (χ1v) is 18.0. The Bertz CT molecular complexity index is 1190. The van der Waals surface area contributed by atoms with E-state index in [2.05, 4.69) is 91.8 Å². The molecular weight excluding hydrogens is 655 g/mol. The van der Waals surface area contributed by atoms with Crippen LogP contribution in [0.5, 0.6) is 0 Å². The van der Waals surface area contributed by atoms with Crippen LogP contribution in [0, 0.1) is 37.8 Å². The molecule has 3 heteroatoms. The van der Waals surface area contributed by atoms with E-state index in [0.717, 1.165) is 24.7 Å². The molecule has 4 aliphatic rings. The first-order valence-electron chi connectivity index (χ1n) is 16.8. The van der Waals surface area contributed by atoms with Crippen LogP contribution in [0.15, 0.2) is 36.4 Å². The summed E-state index contributed by atoms with van der Waals surface area (Å²) in [5.74, 6) is 2.18. The van der Waals surface area contributed by atoms with Crippen molar-refractivity contribution in [2.45, 2.75) is 143 Å². The molecule has 2 aromatic carbocycles. The minimum atomic E-state index is 0. The van der Waals surface area contributed by atoms with Crippen LogP contribution in [-0.4, -0.2) is 3.21 Å². The summed E-state index contributed by atoms with van der Waals surface area (Å²) < 4.78 is 1.90. The topological polar surface area (TPSA) is 0 Å². The van der Waals surface area contributed by atoms with E-state index >= 15 is 0 Å². The molecule has 0 amide bonds. The van der Waals surface area contributed by atoms with Crippen molar-refractivity contribution in [2.75, 3.05) is 0 Å². The molecule has 0 spiro atoms. The summed E-state index contributed by atoms with van der Waals surface area (Å²) in [6.07, 6.45) is 26.2. The van der Waals surface area contributed by atoms with Crippen LogP contribution in [0.2, 0.25) is 0 Å². The van der Waals surface area contributed by atoms with Gasteiger partial charge in [-0.3, -0.25) is 6.08 Å². The number of rotatable bonds is 4. The fourth-order valence-corrected chi connectivity index (χ4v) is 8.99. The van der Waals surface area contributed by atoms with Gasteiger partial charge in [-0.1, -0.05) is 71.6 Å². The Morgan fingerprint density at radius 1 is 0.773 bits per heavy atom. The first-order chi connectivity index (χ1) is 19.8. The van der Waals surface area contributed by atoms with Crippen LogP contribution >= 0.6 is 0 Å². The van der Waals surface area contributed by atoms with Crippen molar-refractivity contribution in [3.8, 4) is 11.1 Å². The van der Waals surface area contributed by atoms with Gasteiger partial charge in [-0.05, 0) is 35.4 Å². The predicted octanol–water partition coefficient (Wildman–Crippen LogP) is 5.45. The summed E-state index contributed by atoms with van der Waals surface area (Å²) in [6.45, 7) is 18.2. The molecule has 6 rings (SSSR count). The Balaban J connectivity index is 0.000000273. The summed E-state index contributed by atoms with van der Waals surface area (Å²) in [7, 11) is 0. The van der Waals surface area contributed by atoms with E-state index < -0.39 is 0 Å². The molecule has 0 bridgehead atoms. The summed E-state index contributed by atoms with van der Waals surface area (Å²) in [5, 5.41) is 0. The molecule has 0 atom stereocenters. The van der Waals surface area contributed by atoms with E-state index in [-0.39, 0.29) is 35.6 Å². The second-order valence-corrected chi connectivity index (χ2v) is 17.3. The van der Waals surface area contributed by atoms with Gasteiger partial charge >= 0.3 is 103 Å². The van der Waals surface area contributed by atoms with Crippen molar-refractivity contribution in [3.63, 3.8) is 0 Å². The van der Waals surface area contributed by atoms with Gasteiger partial charge in [0.05, 0.1) is 0 Å². The average Bonchev–Trinajstić information content (AvgIpc) is 3.71. The average molecular weight is 711 g/mol. The molecule has 44 heavy (non-hydrogen) atoms. The quantitative estimate of drug-likeness (QED) is 0.317. The molecule has 2 fully saturated rings. The first kappa shape index (κ1) is 39.4. The Kier molecular flexibility index (Phi) is 15.6. The molecular formula is C41H56Cl2Zr-2. The monoisotopic (exact) mass is 708 g/mol. The third kappa shape index (κ3) is 10.9. The van der Waals surface area contributed by atoms with Crippen molar-refractivity contribution in [2.24, 2.45) is 11.8 Å². The molecule has 0 aromatic heterocycles. The zero-order valence-electron chi connectivity index (χ0n) is 28.9. The molecule has 2 saturated carbocycles. The number of aryl methyl sites for hydroxylation is 2. The number of allylic oxidation sites excluding steroid dienone is 4. The maximum atomic E-state index is 3.69. The van der Waals surface area contributed by atoms with E-state index in [9.17, 15) is 0 Å². The van der Waals surface area contributed by atoms with Crippen molar-refractivity contribution in [3.05, 3.63) is 82.0 Å². The normalized spacial score (nSPS) is 17.1. The van der Waals surface area contributed by atoms with Gasteiger partial charge in [0.25, 0.3) is 0 Å².